The van der Waals surface area contributed by atoms with E-state index >= 15 is 0 Å². The molecule has 0 saturated carbocycles. The van der Waals surface area contributed by atoms with Crippen molar-refractivity contribution in [2.24, 2.45) is 5.92 Å². The highest BCUT2D eigenvalue weighted by Gasteiger charge is 2.21. The molecule has 19 heavy (non-hydrogen) atoms. The fourth-order valence-electron chi connectivity index (χ4n) is 2.82. The van der Waals surface area contributed by atoms with E-state index in [4.69, 9.17) is 4.74 Å². The molecule has 1 saturated heterocycles. The van der Waals surface area contributed by atoms with Crippen molar-refractivity contribution in [2.45, 2.75) is 39.2 Å². The number of hydrogen-bond acceptors (Lipinski definition) is 2. The zero-order valence-electron chi connectivity index (χ0n) is 11.9. The van der Waals surface area contributed by atoms with E-state index in [1.807, 2.05) is 0 Å². The van der Waals surface area contributed by atoms with Crippen molar-refractivity contribution in [3.63, 3.8) is 0 Å². The average Bonchev–Trinajstić information content (AvgIpc) is 2.43. The van der Waals surface area contributed by atoms with Crippen LogP contribution in [0, 0.1) is 16.4 Å². The van der Waals surface area contributed by atoms with Crippen LogP contribution in [0.5, 0.6) is 0 Å². The molecule has 1 atom stereocenters. The Hall–Kier alpha value is -0.130. The summed E-state index contributed by atoms with van der Waals surface area (Å²) in [5.74, 6) is 0.800. The van der Waals surface area contributed by atoms with Gasteiger partial charge in [0.05, 0.1) is 0 Å². The monoisotopic (exact) mass is 373 g/mol. The van der Waals surface area contributed by atoms with Crippen LogP contribution in [0.15, 0.2) is 18.2 Å². The molecule has 1 aromatic rings. The third-order valence-electron chi connectivity index (χ3n) is 3.96. The lowest BCUT2D eigenvalue weighted by molar-refractivity contribution is 0.0605. The molecule has 1 aliphatic rings. The Morgan fingerprint density at radius 2 is 2.11 bits per heavy atom. The molecule has 0 spiro atoms. The highest BCUT2D eigenvalue weighted by molar-refractivity contribution is 14.1. The van der Waals surface area contributed by atoms with Crippen LogP contribution in [0.4, 0.5) is 0 Å². The van der Waals surface area contributed by atoms with Gasteiger partial charge in [-0.1, -0.05) is 25.1 Å². The van der Waals surface area contributed by atoms with Gasteiger partial charge in [-0.05, 0) is 72.4 Å². The molecule has 1 N–H and O–H groups in total. The summed E-state index contributed by atoms with van der Waals surface area (Å²) in [6, 6.07) is 7.14. The fraction of sp³-hybridized carbons (Fsp3) is 0.625. The smallest absolute Gasteiger partial charge is 0.0468 e. The van der Waals surface area contributed by atoms with Gasteiger partial charge in [0.1, 0.15) is 0 Å². The van der Waals surface area contributed by atoms with Crippen LogP contribution in [-0.2, 0) is 4.74 Å². The van der Waals surface area contributed by atoms with Crippen LogP contribution in [0.25, 0.3) is 0 Å². The van der Waals surface area contributed by atoms with Crippen molar-refractivity contribution in [3.05, 3.63) is 32.9 Å². The van der Waals surface area contributed by atoms with Crippen molar-refractivity contribution in [1.29, 1.82) is 0 Å². The van der Waals surface area contributed by atoms with E-state index < -0.39 is 0 Å². The van der Waals surface area contributed by atoms with E-state index in [1.165, 1.54) is 34.0 Å². The minimum atomic E-state index is 0.486. The third kappa shape index (κ3) is 4.17. The summed E-state index contributed by atoms with van der Waals surface area (Å²) in [5.41, 5.74) is 2.85. The Morgan fingerprint density at radius 1 is 1.37 bits per heavy atom. The molecular weight excluding hydrogens is 349 g/mol. The molecule has 106 valence electrons. The quantitative estimate of drug-likeness (QED) is 0.786. The highest BCUT2D eigenvalue weighted by atomic mass is 127. The standard InChI is InChI=1S/C16H24INO/c1-3-18-15(11-13-7-9-19-10-8-13)14-6-4-5-12(2)16(14)17/h4-6,13,15,18H,3,7-11H2,1-2H3. The molecule has 2 nitrogen and oxygen atoms in total. The third-order valence-corrected chi connectivity index (χ3v) is 5.43. The van der Waals surface area contributed by atoms with Gasteiger partial charge in [-0.2, -0.15) is 0 Å². The zero-order chi connectivity index (χ0) is 13.7. The van der Waals surface area contributed by atoms with Gasteiger partial charge in [0, 0.05) is 22.8 Å². The van der Waals surface area contributed by atoms with E-state index in [9.17, 15) is 0 Å². The lowest BCUT2D eigenvalue weighted by Gasteiger charge is -2.28. The lowest BCUT2D eigenvalue weighted by Crippen LogP contribution is -2.27. The van der Waals surface area contributed by atoms with Crippen LogP contribution < -0.4 is 5.32 Å². The number of aryl methyl sites for hydroxylation is 1. The first-order chi connectivity index (χ1) is 9.22. The van der Waals surface area contributed by atoms with E-state index in [2.05, 4.69) is 60.0 Å². The maximum absolute atomic E-state index is 5.47. The van der Waals surface area contributed by atoms with E-state index in [0.29, 0.717) is 6.04 Å². The van der Waals surface area contributed by atoms with Gasteiger partial charge in [0.15, 0.2) is 0 Å². The Labute approximate surface area is 130 Å². The molecular formula is C16H24INO. The Kier molecular flexibility index (Phi) is 6.10. The molecule has 0 aromatic heterocycles. The first-order valence-corrected chi connectivity index (χ1v) is 8.36. The summed E-state index contributed by atoms with van der Waals surface area (Å²) in [6.45, 7) is 7.29. The number of nitrogens with one attached hydrogen (secondary N) is 1. The van der Waals surface area contributed by atoms with Gasteiger partial charge in [-0.15, -0.1) is 0 Å². The molecule has 0 radical (unpaired) electrons. The number of hydrogen-bond donors (Lipinski definition) is 1. The number of ether oxygens (including phenoxy) is 1. The first-order valence-electron chi connectivity index (χ1n) is 7.28. The van der Waals surface area contributed by atoms with Crippen LogP contribution >= 0.6 is 22.6 Å². The predicted octanol–water partition coefficient (Wildman–Crippen LogP) is 4.07. The maximum atomic E-state index is 5.47. The minimum absolute atomic E-state index is 0.486. The maximum Gasteiger partial charge on any atom is 0.0468 e. The molecule has 3 heteroatoms. The highest BCUT2D eigenvalue weighted by Crippen LogP contribution is 2.31. The molecule has 1 aromatic carbocycles. The molecule has 1 heterocycles. The van der Waals surface area contributed by atoms with E-state index in [0.717, 1.165) is 25.7 Å². The Morgan fingerprint density at radius 3 is 2.79 bits per heavy atom. The van der Waals surface area contributed by atoms with Crippen molar-refractivity contribution < 1.29 is 4.74 Å². The summed E-state index contributed by atoms with van der Waals surface area (Å²) in [4.78, 5) is 0. The first kappa shape index (κ1) is 15.3. The molecule has 0 amide bonds. The van der Waals surface area contributed by atoms with Gasteiger partial charge >= 0.3 is 0 Å². The van der Waals surface area contributed by atoms with Crippen molar-refractivity contribution in [3.8, 4) is 0 Å². The van der Waals surface area contributed by atoms with Crippen molar-refractivity contribution in [1.82, 2.24) is 5.32 Å². The number of halogens is 1. The summed E-state index contributed by atoms with van der Waals surface area (Å²) < 4.78 is 6.88. The van der Waals surface area contributed by atoms with Crippen LogP contribution in [0.1, 0.15) is 43.4 Å². The van der Waals surface area contributed by atoms with Crippen molar-refractivity contribution >= 4 is 22.6 Å². The fourth-order valence-corrected chi connectivity index (χ4v) is 3.56. The topological polar surface area (TPSA) is 21.3 Å². The molecule has 1 unspecified atom stereocenters. The molecule has 0 aliphatic carbocycles. The van der Waals surface area contributed by atoms with Crippen molar-refractivity contribution in [2.75, 3.05) is 19.8 Å². The number of rotatable bonds is 5. The summed E-state index contributed by atoms with van der Waals surface area (Å²) in [6.07, 6.45) is 3.66. The summed E-state index contributed by atoms with van der Waals surface area (Å²) in [5, 5.41) is 3.67. The Balaban J connectivity index is 2.11. The zero-order valence-corrected chi connectivity index (χ0v) is 14.1. The van der Waals surface area contributed by atoms with E-state index in [1.54, 1.807) is 0 Å². The average molecular weight is 373 g/mol. The van der Waals surface area contributed by atoms with Crippen LogP contribution in [0.2, 0.25) is 0 Å². The lowest BCUT2D eigenvalue weighted by atomic mass is 9.89. The molecule has 1 fully saturated rings. The minimum Gasteiger partial charge on any atom is -0.381 e. The van der Waals surface area contributed by atoms with E-state index in [-0.39, 0.29) is 0 Å². The largest absolute Gasteiger partial charge is 0.381 e. The second-order valence-corrected chi connectivity index (χ2v) is 6.46. The second-order valence-electron chi connectivity index (χ2n) is 5.38. The van der Waals surface area contributed by atoms with Crippen LogP contribution in [-0.4, -0.2) is 19.8 Å². The SMILES string of the molecule is CCNC(CC1CCOCC1)c1cccc(C)c1I. The van der Waals surface area contributed by atoms with Gasteiger partial charge in [0.2, 0.25) is 0 Å². The van der Waals surface area contributed by atoms with Gasteiger partial charge in [-0.3, -0.25) is 0 Å². The summed E-state index contributed by atoms with van der Waals surface area (Å²) in [7, 11) is 0. The van der Waals surface area contributed by atoms with Gasteiger partial charge in [0.25, 0.3) is 0 Å². The molecule has 0 bridgehead atoms. The summed E-state index contributed by atoms with van der Waals surface area (Å²) >= 11 is 2.49. The number of benzene rings is 1. The normalized spacial score (nSPS) is 18.5. The van der Waals surface area contributed by atoms with Gasteiger partial charge < -0.3 is 10.1 Å². The molecule has 1 aliphatic heterocycles. The van der Waals surface area contributed by atoms with Crippen LogP contribution in [0.3, 0.4) is 0 Å². The Bertz CT molecular complexity index is 402. The van der Waals surface area contributed by atoms with Gasteiger partial charge in [-0.25, -0.2) is 0 Å². The second kappa shape index (κ2) is 7.60. The molecule has 2 rings (SSSR count). The predicted molar refractivity (Wildman–Crippen MR) is 88.5 cm³/mol.